The van der Waals surface area contributed by atoms with Gasteiger partial charge in [-0.25, -0.2) is 0 Å². The summed E-state index contributed by atoms with van der Waals surface area (Å²) in [6, 6.07) is 0. The molecule has 0 radical (unpaired) electrons. The molecule has 0 unspecified atom stereocenters. The predicted molar refractivity (Wildman–Crippen MR) is 52.9 cm³/mol. The number of Topliss-reactive ketones (excluding diaryl/α,β-unsaturated/α-hetero) is 1. The van der Waals surface area contributed by atoms with Gasteiger partial charge in [0, 0.05) is 18.8 Å². The molecular formula is C11H15NO3. The number of likely N-dealkylation sites (tertiary alicyclic amines) is 1. The van der Waals surface area contributed by atoms with Crippen molar-refractivity contribution in [2.45, 2.75) is 38.5 Å². The average Bonchev–Trinajstić information content (AvgIpc) is 3.01. The smallest absolute Gasteiger partial charge is 0.229 e. The van der Waals surface area contributed by atoms with E-state index in [-0.39, 0.29) is 30.1 Å². The number of ketones is 1. The molecule has 0 atom stereocenters. The summed E-state index contributed by atoms with van der Waals surface area (Å²) in [5.74, 6) is -0.176. The Kier molecular flexibility index (Phi) is 2.84. The molecule has 2 rings (SSSR count). The summed E-state index contributed by atoms with van der Waals surface area (Å²) < 4.78 is 0. The molecular weight excluding hydrogens is 194 g/mol. The minimum Gasteiger partial charge on any atom is -0.297 e. The van der Waals surface area contributed by atoms with E-state index in [1.54, 1.807) is 0 Å². The molecule has 1 aliphatic heterocycles. The molecule has 4 nitrogen and oxygen atoms in total. The summed E-state index contributed by atoms with van der Waals surface area (Å²) in [7, 11) is 0. The Hall–Kier alpha value is -1.19. The van der Waals surface area contributed by atoms with Gasteiger partial charge < -0.3 is 0 Å². The van der Waals surface area contributed by atoms with E-state index in [4.69, 9.17) is 0 Å². The van der Waals surface area contributed by atoms with Crippen LogP contribution in [0.25, 0.3) is 0 Å². The minimum atomic E-state index is -0.175. The zero-order valence-corrected chi connectivity index (χ0v) is 8.70. The largest absolute Gasteiger partial charge is 0.297 e. The van der Waals surface area contributed by atoms with E-state index in [0.717, 1.165) is 30.6 Å². The molecule has 1 aliphatic carbocycles. The minimum absolute atomic E-state index is 0.0162. The quantitative estimate of drug-likeness (QED) is 0.649. The molecule has 0 N–H and O–H groups in total. The van der Waals surface area contributed by atoms with E-state index < -0.39 is 0 Å². The number of hydrogen-bond acceptors (Lipinski definition) is 3. The van der Waals surface area contributed by atoms with Gasteiger partial charge in [-0.15, -0.1) is 0 Å². The van der Waals surface area contributed by atoms with E-state index in [9.17, 15) is 14.4 Å². The van der Waals surface area contributed by atoms with Crippen LogP contribution in [0.2, 0.25) is 0 Å². The summed E-state index contributed by atoms with van der Waals surface area (Å²) >= 11 is 0. The van der Waals surface area contributed by atoms with Gasteiger partial charge in [0.15, 0.2) is 5.78 Å². The van der Waals surface area contributed by atoms with Crippen molar-refractivity contribution < 1.29 is 14.4 Å². The lowest BCUT2D eigenvalue weighted by Gasteiger charge is -2.17. The highest BCUT2D eigenvalue weighted by atomic mass is 16.2. The van der Waals surface area contributed by atoms with Crippen molar-refractivity contribution in [2.24, 2.45) is 5.92 Å². The van der Waals surface area contributed by atoms with Gasteiger partial charge in [-0.3, -0.25) is 19.3 Å². The predicted octanol–water partition coefficient (Wildman–Crippen LogP) is 0.895. The molecule has 1 saturated heterocycles. The first-order valence-electron chi connectivity index (χ1n) is 5.54. The number of amides is 2. The maximum Gasteiger partial charge on any atom is 0.229 e. The van der Waals surface area contributed by atoms with Crippen molar-refractivity contribution in [3.8, 4) is 0 Å². The van der Waals surface area contributed by atoms with Gasteiger partial charge in [-0.2, -0.15) is 0 Å². The fourth-order valence-corrected chi connectivity index (χ4v) is 1.83. The number of nitrogens with zero attached hydrogens (tertiary/aromatic N) is 1. The molecule has 0 bridgehead atoms. The van der Waals surface area contributed by atoms with Crippen LogP contribution in [0.5, 0.6) is 0 Å². The molecule has 82 valence electrons. The fraction of sp³-hybridized carbons (Fsp3) is 0.727. The van der Waals surface area contributed by atoms with Crippen molar-refractivity contribution in [3.63, 3.8) is 0 Å². The Labute approximate surface area is 88.6 Å². The van der Waals surface area contributed by atoms with Crippen LogP contribution in [0.4, 0.5) is 0 Å². The number of rotatable bonds is 3. The number of carbonyl (C=O) groups is 3. The zero-order valence-electron chi connectivity index (χ0n) is 8.70. The van der Waals surface area contributed by atoms with Gasteiger partial charge in [-0.1, -0.05) is 0 Å². The SMILES string of the molecule is O=C(CN1C(=O)CCCCC1=O)C1CC1. The molecule has 1 heterocycles. The molecule has 0 aromatic carbocycles. The maximum atomic E-state index is 11.6. The van der Waals surface area contributed by atoms with Gasteiger partial charge in [-0.05, 0) is 25.7 Å². The second-order valence-corrected chi connectivity index (χ2v) is 4.32. The van der Waals surface area contributed by atoms with Gasteiger partial charge >= 0.3 is 0 Å². The number of imide groups is 1. The summed E-state index contributed by atoms with van der Waals surface area (Å²) in [4.78, 5) is 35.8. The van der Waals surface area contributed by atoms with Crippen LogP contribution in [0, 0.1) is 5.92 Å². The van der Waals surface area contributed by atoms with Gasteiger partial charge in [0.25, 0.3) is 0 Å². The van der Waals surface area contributed by atoms with Gasteiger partial charge in [0.1, 0.15) is 0 Å². The van der Waals surface area contributed by atoms with Crippen LogP contribution in [0.1, 0.15) is 38.5 Å². The lowest BCUT2D eigenvalue weighted by Crippen LogP contribution is -2.39. The highest BCUT2D eigenvalue weighted by molar-refractivity contribution is 6.00. The van der Waals surface area contributed by atoms with Crippen molar-refractivity contribution in [1.29, 1.82) is 0 Å². The van der Waals surface area contributed by atoms with Gasteiger partial charge in [0.2, 0.25) is 11.8 Å². The summed E-state index contributed by atoms with van der Waals surface area (Å²) in [5, 5.41) is 0. The van der Waals surface area contributed by atoms with E-state index in [0.29, 0.717) is 12.8 Å². The van der Waals surface area contributed by atoms with Crippen LogP contribution >= 0.6 is 0 Å². The van der Waals surface area contributed by atoms with E-state index in [1.807, 2.05) is 0 Å². The third-order valence-corrected chi connectivity index (χ3v) is 2.98. The zero-order chi connectivity index (χ0) is 10.8. The second kappa shape index (κ2) is 4.13. The fourth-order valence-electron chi connectivity index (χ4n) is 1.83. The van der Waals surface area contributed by atoms with Crippen molar-refractivity contribution in [1.82, 2.24) is 4.90 Å². The van der Waals surface area contributed by atoms with E-state index in [1.165, 1.54) is 0 Å². The molecule has 0 aromatic rings. The topological polar surface area (TPSA) is 54.5 Å². The highest BCUT2D eigenvalue weighted by Crippen LogP contribution is 2.30. The molecule has 2 aliphatic rings. The highest BCUT2D eigenvalue weighted by Gasteiger charge is 2.33. The first kappa shape index (κ1) is 10.3. The van der Waals surface area contributed by atoms with Crippen LogP contribution in [0.15, 0.2) is 0 Å². The summed E-state index contributed by atoms with van der Waals surface area (Å²) in [6.45, 7) is 0.0162. The van der Waals surface area contributed by atoms with Crippen molar-refractivity contribution in [3.05, 3.63) is 0 Å². The normalized spacial score (nSPS) is 22.8. The maximum absolute atomic E-state index is 11.6. The number of carbonyl (C=O) groups excluding carboxylic acids is 3. The lowest BCUT2D eigenvalue weighted by atomic mass is 10.2. The molecule has 4 heteroatoms. The average molecular weight is 209 g/mol. The van der Waals surface area contributed by atoms with Crippen LogP contribution in [-0.2, 0) is 14.4 Å². The van der Waals surface area contributed by atoms with Crippen molar-refractivity contribution >= 4 is 17.6 Å². The van der Waals surface area contributed by atoms with Crippen LogP contribution in [-0.4, -0.2) is 29.0 Å². The van der Waals surface area contributed by atoms with Gasteiger partial charge in [0.05, 0.1) is 6.54 Å². The molecule has 1 saturated carbocycles. The van der Waals surface area contributed by atoms with Crippen LogP contribution in [0.3, 0.4) is 0 Å². The number of hydrogen-bond donors (Lipinski definition) is 0. The standard InChI is InChI=1S/C11H15NO3/c13-9(8-5-6-8)7-12-10(14)3-1-2-4-11(12)15/h8H,1-7H2. The van der Waals surface area contributed by atoms with Crippen LogP contribution < -0.4 is 0 Å². The van der Waals surface area contributed by atoms with E-state index in [2.05, 4.69) is 0 Å². The molecule has 0 spiro atoms. The second-order valence-electron chi connectivity index (χ2n) is 4.32. The molecule has 0 aromatic heterocycles. The van der Waals surface area contributed by atoms with Crippen molar-refractivity contribution in [2.75, 3.05) is 6.54 Å². The Morgan fingerprint density at radius 2 is 1.67 bits per heavy atom. The molecule has 2 fully saturated rings. The Morgan fingerprint density at radius 3 is 2.13 bits per heavy atom. The third-order valence-electron chi connectivity index (χ3n) is 2.98. The monoisotopic (exact) mass is 209 g/mol. The molecule has 2 amide bonds. The van der Waals surface area contributed by atoms with E-state index >= 15 is 0 Å². The lowest BCUT2D eigenvalue weighted by molar-refractivity contribution is -0.146. The Morgan fingerprint density at radius 1 is 1.13 bits per heavy atom. The first-order chi connectivity index (χ1) is 7.18. The first-order valence-corrected chi connectivity index (χ1v) is 5.54. The summed E-state index contributed by atoms with van der Waals surface area (Å²) in [5.41, 5.74) is 0. The molecule has 15 heavy (non-hydrogen) atoms. The Bertz CT molecular complexity index is 289. The third kappa shape index (κ3) is 2.43. The summed E-state index contributed by atoms with van der Waals surface area (Å²) in [6.07, 6.45) is 4.19. The Balaban J connectivity index is 1.99.